The average molecular weight is 375 g/mol. The van der Waals surface area contributed by atoms with E-state index in [-0.39, 0.29) is 45.7 Å². The molecule has 9 heteroatoms. The average Bonchev–Trinajstić information content (AvgIpc) is 2.30. The highest BCUT2D eigenvalue weighted by Gasteiger charge is 2.17. The highest BCUT2D eigenvalue weighted by atomic mass is 35.7. The molecule has 1 rings (SSSR count). The highest BCUT2D eigenvalue weighted by Crippen LogP contribution is 2.36. The maximum Gasteiger partial charge on any atom is 0.261 e. The first-order valence-corrected chi connectivity index (χ1v) is 9.03. The Labute approximate surface area is 137 Å². The molecule has 1 amide bonds. The van der Waals surface area contributed by atoms with Gasteiger partial charge >= 0.3 is 0 Å². The molecule has 0 radical (unpaired) electrons. The van der Waals surface area contributed by atoms with E-state index in [0.717, 1.165) is 12.1 Å². The van der Waals surface area contributed by atoms with Crippen molar-refractivity contribution in [1.82, 2.24) is 5.32 Å². The van der Waals surface area contributed by atoms with E-state index in [1.54, 1.807) is 0 Å². The van der Waals surface area contributed by atoms with Crippen molar-refractivity contribution in [3.05, 3.63) is 22.2 Å². The monoisotopic (exact) mass is 373 g/mol. The molecule has 0 heterocycles. The topological polar surface area (TPSA) is 72.5 Å². The van der Waals surface area contributed by atoms with Crippen molar-refractivity contribution in [3.63, 3.8) is 0 Å². The fourth-order valence-electron chi connectivity index (χ4n) is 1.46. The van der Waals surface area contributed by atoms with Crippen LogP contribution in [0.15, 0.2) is 17.0 Å². The normalized spacial score (nSPS) is 11.5. The van der Waals surface area contributed by atoms with Gasteiger partial charge in [0.15, 0.2) is 5.75 Å². The minimum Gasteiger partial charge on any atom is -0.490 e. The molecule has 0 aliphatic rings. The summed E-state index contributed by atoms with van der Waals surface area (Å²) < 4.78 is 27.7. The summed E-state index contributed by atoms with van der Waals surface area (Å²) in [6, 6.07) is 2.32. The highest BCUT2D eigenvalue weighted by molar-refractivity contribution is 8.13. The van der Waals surface area contributed by atoms with Crippen LogP contribution in [-0.4, -0.2) is 27.0 Å². The van der Waals surface area contributed by atoms with Crippen LogP contribution >= 0.6 is 33.9 Å². The van der Waals surface area contributed by atoms with E-state index in [9.17, 15) is 13.2 Å². The number of amides is 1. The van der Waals surface area contributed by atoms with E-state index in [2.05, 4.69) is 5.32 Å². The molecule has 118 valence electrons. The second kappa shape index (κ2) is 7.54. The number of carbonyl (C=O) groups excluding carboxylic acids is 1. The van der Waals surface area contributed by atoms with Crippen LogP contribution in [0.25, 0.3) is 0 Å². The lowest BCUT2D eigenvalue weighted by Gasteiger charge is -2.12. The molecule has 0 aliphatic carbocycles. The van der Waals surface area contributed by atoms with E-state index in [1.807, 2.05) is 13.8 Å². The summed E-state index contributed by atoms with van der Waals surface area (Å²) in [5.41, 5.74) is 0. The smallest absolute Gasteiger partial charge is 0.261 e. The molecule has 0 fully saturated rings. The largest absolute Gasteiger partial charge is 0.490 e. The predicted molar refractivity (Wildman–Crippen MR) is 82.9 cm³/mol. The zero-order chi connectivity index (χ0) is 16.2. The molecule has 1 N–H and O–H groups in total. The van der Waals surface area contributed by atoms with Gasteiger partial charge in [-0.15, -0.1) is 0 Å². The lowest BCUT2D eigenvalue weighted by Crippen LogP contribution is -2.31. The van der Waals surface area contributed by atoms with E-state index in [0.29, 0.717) is 0 Å². The number of carbonyl (C=O) groups is 1. The Morgan fingerprint density at radius 2 is 1.81 bits per heavy atom. The standard InChI is InChI=1S/C12H14Cl3NO4S/c1-7(2)16-11(17)3-4-20-12-9(13)5-8(6-10(12)14)21(15,18)19/h5-7H,3-4H2,1-2H3,(H,16,17). The Balaban J connectivity index is 2.75. The Bertz CT molecular complexity index is 608. The van der Waals surface area contributed by atoms with Crippen LogP contribution in [0.1, 0.15) is 20.3 Å². The molecule has 0 unspecified atom stereocenters. The van der Waals surface area contributed by atoms with Crippen LogP contribution in [0, 0.1) is 0 Å². The third-order valence-corrected chi connectivity index (χ3v) is 4.17. The van der Waals surface area contributed by atoms with Crippen LogP contribution in [0.5, 0.6) is 5.75 Å². The number of rotatable bonds is 6. The van der Waals surface area contributed by atoms with Gasteiger partial charge in [-0.1, -0.05) is 23.2 Å². The van der Waals surface area contributed by atoms with E-state index >= 15 is 0 Å². The number of nitrogens with one attached hydrogen (secondary N) is 1. The molecule has 0 saturated heterocycles. The van der Waals surface area contributed by atoms with Gasteiger partial charge in [0.2, 0.25) is 5.91 Å². The van der Waals surface area contributed by atoms with Gasteiger partial charge in [0.1, 0.15) is 0 Å². The van der Waals surface area contributed by atoms with E-state index in [1.165, 1.54) is 0 Å². The first-order chi connectivity index (χ1) is 9.61. The molecule has 1 aromatic carbocycles. The van der Waals surface area contributed by atoms with Crippen molar-refractivity contribution in [2.24, 2.45) is 0 Å². The maximum atomic E-state index is 11.4. The zero-order valence-corrected chi connectivity index (χ0v) is 14.4. The van der Waals surface area contributed by atoms with Crippen molar-refractivity contribution >= 4 is 48.8 Å². The maximum absolute atomic E-state index is 11.4. The van der Waals surface area contributed by atoms with E-state index in [4.69, 9.17) is 38.6 Å². The van der Waals surface area contributed by atoms with Gasteiger partial charge < -0.3 is 10.1 Å². The summed E-state index contributed by atoms with van der Waals surface area (Å²) in [4.78, 5) is 11.2. The molecule has 0 saturated carbocycles. The third-order valence-electron chi connectivity index (χ3n) is 2.28. The summed E-state index contributed by atoms with van der Waals surface area (Å²) in [6.45, 7) is 3.75. The van der Waals surface area contributed by atoms with Crippen molar-refractivity contribution in [3.8, 4) is 5.75 Å². The lowest BCUT2D eigenvalue weighted by atomic mass is 10.3. The molecular weight excluding hydrogens is 361 g/mol. The van der Waals surface area contributed by atoms with Crippen molar-refractivity contribution in [2.75, 3.05) is 6.61 Å². The minimum absolute atomic E-state index is 0.00555. The van der Waals surface area contributed by atoms with Gasteiger partial charge in [0.05, 0.1) is 28.0 Å². The molecule has 0 atom stereocenters. The molecule has 0 aliphatic heterocycles. The first kappa shape index (κ1) is 18.4. The van der Waals surface area contributed by atoms with E-state index < -0.39 is 9.05 Å². The van der Waals surface area contributed by atoms with Crippen LogP contribution in [0.2, 0.25) is 10.0 Å². The number of hydrogen-bond acceptors (Lipinski definition) is 4. The lowest BCUT2D eigenvalue weighted by molar-refractivity contribution is -0.122. The van der Waals surface area contributed by atoms with Crippen molar-refractivity contribution in [2.45, 2.75) is 31.2 Å². The third kappa shape index (κ3) is 5.90. The second-order valence-electron chi connectivity index (χ2n) is 4.47. The molecule has 5 nitrogen and oxygen atoms in total. The molecular formula is C12H14Cl3NO4S. The van der Waals surface area contributed by atoms with Gasteiger partial charge in [0.25, 0.3) is 9.05 Å². The summed E-state index contributed by atoms with van der Waals surface area (Å²) in [7, 11) is 1.28. The molecule has 0 spiro atoms. The number of ether oxygens (including phenoxy) is 1. The second-order valence-corrected chi connectivity index (χ2v) is 7.85. The Morgan fingerprint density at radius 3 is 2.24 bits per heavy atom. The summed E-state index contributed by atoms with van der Waals surface area (Å²) in [5.74, 6) is -0.0584. The van der Waals surface area contributed by atoms with Gasteiger partial charge in [-0.2, -0.15) is 0 Å². The minimum atomic E-state index is -3.93. The number of benzene rings is 1. The summed E-state index contributed by atoms with van der Waals surface area (Å²) >= 11 is 11.8. The van der Waals surface area contributed by atoms with Crippen LogP contribution in [0.4, 0.5) is 0 Å². The van der Waals surface area contributed by atoms with Crippen LogP contribution in [-0.2, 0) is 13.8 Å². The molecule has 1 aromatic rings. The Kier molecular flexibility index (Phi) is 6.59. The SMILES string of the molecule is CC(C)NC(=O)CCOc1c(Cl)cc(S(=O)(=O)Cl)cc1Cl. The van der Waals surface area contributed by atoms with Gasteiger partial charge in [-0.25, -0.2) is 8.42 Å². The van der Waals surface area contributed by atoms with Crippen LogP contribution < -0.4 is 10.1 Å². The van der Waals surface area contributed by atoms with Crippen LogP contribution in [0.3, 0.4) is 0 Å². The Hall–Kier alpha value is -0.690. The summed E-state index contributed by atoms with van der Waals surface area (Å²) in [6.07, 6.45) is 0.125. The quantitative estimate of drug-likeness (QED) is 0.776. The van der Waals surface area contributed by atoms with Gasteiger partial charge in [-0.3, -0.25) is 4.79 Å². The summed E-state index contributed by atoms with van der Waals surface area (Å²) in [5, 5.41) is 2.72. The van der Waals surface area contributed by atoms with Gasteiger partial charge in [0, 0.05) is 16.7 Å². The van der Waals surface area contributed by atoms with Gasteiger partial charge in [-0.05, 0) is 26.0 Å². The number of halogens is 3. The van der Waals surface area contributed by atoms with Crippen molar-refractivity contribution in [1.29, 1.82) is 0 Å². The molecule has 0 bridgehead atoms. The Morgan fingerprint density at radius 1 is 1.29 bits per heavy atom. The first-order valence-electron chi connectivity index (χ1n) is 5.97. The van der Waals surface area contributed by atoms with Crippen molar-refractivity contribution < 1.29 is 17.9 Å². The predicted octanol–water partition coefficient (Wildman–Crippen LogP) is 3.21. The molecule has 21 heavy (non-hydrogen) atoms. The fourth-order valence-corrected chi connectivity index (χ4v) is 2.97. The molecule has 0 aromatic heterocycles. The zero-order valence-electron chi connectivity index (χ0n) is 11.3. The fraction of sp³-hybridized carbons (Fsp3) is 0.417. The number of hydrogen-bond donors (Lipinski definition) is 1.